The number of nitrogens with zero attached hydrogens (tertiary/aromatic N) is 1. The predicted octanol–water partition coefficient (Wildman–Crippen LogP) is 2.10. The Labute approximate surface area is 142 Å². The molecule has 0 aliphatic carbocycles. The van der Waals surface area contributed by atoms with Gasteiger partial charge in [-0.1, -0.05) is 0 Å². The van der Waals surface area contributed by atoms with E-state index in [4.69, 9.17) is 5.26 Å². The lowest BCUT2D eigenvalue weighted by atomic mass is 10.2. The van der Waals surface area contributed by atoms with E-state index in [2.05, 4.69) is 38.0 Å². The second-order valence-corrected chi connectivity index (χ2v) is 5.61. The number of esters is 1. The number of carbonyl (C=O) groups excluding carboxylic acids is 2. The summed E-state index contributed by atoms with van der Waals surface area (Å²) in [6.45, 7) is 2.16. The van der Waals surface area contributed by atoms with Gasteiger partial charge in [-0.25, -0.2) is 0 Å². The van der Waals surface area contributed by atoms with E-state index < -0.39 is 5.91 Å². The maximum absolute atomic E-state index is 12.0. The SMILES string of the molecule is COC(=O)CCN/C=C(/C#N)C(=O)Nc1ccc(I)cc1C. The fourth-order valence-corrected chi connectivity index (χ4v) is 2.20. The summed E-state index contributed by atoms with van der Waals surface area (Å²) in [5.41, 5.74) is 1.50. The number of rotatable bonds is 6. The first kappa shape index (κ1) is 18.0. The third-order valence-corrected chi connectivity index (χ3v) is 3.42. The zero-order valence-corrected chi connectivity index (χ0v) is 14.4. The smallest absolute Gasteiger partial charge is 0.307 e. The zero-order chi connectivity index (χ0) is 16.5. The van der Waals surface area contributed by atoms with E-state index in [-0.39, 0.29) is 24.5 Å². The summed E-state index contributed by atoms with van der Waals surface area (Å²) in [7, 11) is 1.30. The molecule has 0 radical (unpaired) electrons. The number of benzene rings is 1. The minimum atomic E-state index is -0.502. The van der Waals surface area contributed by atoms with Crippen molar-refractivity contribution in [1.29, 1.82) is 5.26 Å². The van der Waals surface area contributed by atoms with E-state index in [9.17, 15) is 9.59 Å². The molecule has 0 fully saturated rings. The second kappa shape index (κ2) is 9.04. The average Bonchev–Trinajstić information content (AvgIpc) is 2.49. The molecule has 0 unspecified atom stereocenters. The van der Waals surface area contributed by atoms with E-state index in [0.717, 1.165) is 9.13 Å². The maximum atomic E-state index is 12.0. The van der Waals surface area contributed by atoms with Crippen LogP contribution in [-0.2, 0) is 14.3 Å². The first-order chi connectivity index (χ1) is 10.5. The molecule has 0 aliphatic rings. The summed E-state index contributed by atoms with van der Waals surface area (Å²) in [5, 5.41) is 14.5. The van der Waals surface area contributed by atoms with Crippen molar-refractivity contribution in [3.8, 4) is 6.07 Å². The van der Waals surface area contributed by atoms with Crippen LogP contribution in [0, 0.1) is 21.8 Å². The minimum absolute atomic E-state index is 0.0668. The first-order valence-corrected chi connectivity index (χ1v) is 7.53. The molecular weight excluding hydrogens is 397 g/mol. The molecule has 1 aromatic carbocycles. The van der Waals surface area contributed by atoms with Crippen LogP contribution in [0.5, 0.6) is 0 Å². The number of nitrogens with one attached hydrogen (secondary N) is 2. The van der Waals surface area contributed by atoms with Gasteiger partial charge < -0.3 is 15.4 Å². The second-order valence-electron chi connectivity index (χ2n) is 4.36. The quantitative estimate of drug-likeness (QED) is 0.245. The third kappa shape index (κ3) is 5.73. The molecule has 6 nitrogen and oxygen atoms in total. The Morgan fingerprint density at radius 1 is 1.45 bits per heavy atom. The van der Waals surface area contributed by atoms with Gasteiger partial charge in [0.25, 0.3) is 5.91 Å². The van der Waals surface area contributed by atoms with Gasteiger partial charge in [-0.2, -0.15) is 5.26 Å². The van der Waals surface area contributed by atoms with Gasteiger partial charge in [-0.05, 0) is 53.3 Å². The highest BCUT2D eigenvalue weighted by molar-refractivity contribution is 14.1. The molecule has 116 valence electrons. The summed E-state index contributed by atoms with van der Waals surface area (Å²) in [4.78, 5) is 23.0. The number of carbonyl (C=O) groups is 2. The van der Waals surface area contributed by atoms with Crippen molar-refractivity contribution in [3.05, 3.63) is 39.1 Å². The molecular formula is C15H16IN3O3. The molecule has 0 atom stereocenters. The van der Waals surface area contributed by atoms with Gasteiger partial charge in [0.05, 0.1) is 13.5 Å². The number of hydrogen-bond acceptors (Lipinski definition) is 5. The number of ether oxygens (including phenoxy) is 1. The van der Waals surface area contributed by atoms with Crippen LogP contribution in [0.2, 0.25) is 0 Å². The molecule has 0 aliphatic heterocycles. The fraction of sp³-hybridized carbons (Fsp3) is 0.267. The minimum Gasteiger partial charge on any atom is -0.469 e. The molecule has 7 heteroatoms. The Kier molecular flexibility index (Phi) is 7.39. The molecule has 1 rings (SSSR count). The van der Waals surface area contributed by atoms with Gasteiger partial charge in [0.15, 0.2) is 0 Å². The molecule has 0 saturated carbocycles. The number of amides is 1. The summed E-state index contributed by atoms with van der Waals surface area (Å²) in [6.07, 6.45) is 1.45. The standard InChI is InChI=1S/C15H16IN3O3/c1-10-7-12(16)3-4-13(10)19-15(21)11(8-17)9-18-6-5-14(20)22-2/h3-4,7,9,18H,5-6H2,1-2H3,(H,19,21)/b11-9-. The van der Waals surface area contributed by atoms with Gasteiger partial charge in [0.2, 0.25) is 0 Å². The largest absolute Gasteiger partial charge is 0.469 e. The van der Waals surface area contributed by atoms with E-state index in [1.165, 1.54) is 13.3 Å². The highest BCUT2D eigenvalue weighted by Gasteiger charge is 2.10. The number of methoxy groups -OCH3 is 1. The van der Waals surface area contributed by atoms with Crippen LogP contribution in [0.1, 0.15) is 12.0 Å². The third-order valence-electron chi connectivity index (χ3n) is 2.75. The van der Waals surface area contributed by atoms with Crippen molar-refractivity contribution < 1.29 is 14.3 Å². The van der Waals surface area contributed by atoms with E-state index >= 15 is 0 Å². The van der Waals surface area contributed by atoms with Gasteiger partial charge >= 0.3 is 5.97 Å². The van der Waals surface area contributed by atoms with E-state index in [1.807, 2.05) is 25.1 Å². The summed E-state index contributed by atoms with van der Waals surface area (Å²) >= 11 is 2.18. The number of anilines is 1. The lowest BCUT2D eigenvalue weighted by molar-refractivity contribution is -0.140. The Morgan fingerprint density at radius 2 is 2.18 bits per heavy atom. The van der Waals surface area contributed by atoms with Crippen molar-refractivity contribution in [3.63, 3.8) is 0 Å². The van der Waals surface area contributed by atoms with Crippen molar-refractivity contribution in [2.75, 3.05) is 19.0 Å². The molecule has 0 saturated heterocycles. The van der Waals surface area contributed by atoms with Gasteiger partial charge in [0.1, 0.15) is 11.6 Å². The van der Waals surface area contributed by atoms with Crippen molar-refractivity contribution in [1.82, 2.24) is 5.32 Å². The highest BCUT2D eigenvalue weighted by atomic mass is 127. The topological polar surface area (TPSA) is 91.2 Å². The Morgan fingerprint density at radius 3 is 2.77 bits per heavy atom. The average molecular weight is 413 g/mol. The lowest BCUT2D eigenvalue weighted by Crippen LogP contribution is -2.19. The normalized spacial score (nSPS) is 10.5. The molecule has 0 aromatic heterocycles. The highest BCUT2D eigenvalue weighted by Crippen LogP contribution is 2.18. The van der Waals surface area contributed by atoms with Gasteiger partial charge in [-0.15, -0.1) is 0 Å². The fourth-order valence-electron chi connectivity index (χ4n) is 1.56. The monoisotopic (exact) mass is 413 g/mol. The number of halogens is 1. The van der Waals surface area contributed by atoms with E-state index in [1.54, 1.807) is 6.07 Å². The molecule has 0 bridgehead atoms. The molecule has 1 amide bonds. The van der Waals surface area contributed by atoms with Crippen LogP contribution in [0.25, 0.3) is 0 Å². The number of hydrogen-bond donors (Lipinski definition) is 2. The van der Waals surface area contributed by atoms with Crippen molar-refractivity contribution in [2.24, 2.45) is 0 Å². The van der Waals surface area contributed by atoms with Gasteiger partial charge in [-0.3, -0.25) is 9.59 Å². The first-order valence-electron chi connectivity index (χ1n) is 6.46. The van der Waals surface area contributed by atoms with Crippen LogP contribution in [0.3, 0.4) is 0 Å². The Hall–Kier alpha value is -2.08. The maximum Gasteiger partial charge on any atom is 0.307 e. The number of nitriles is 1. The van der Waals surface area contributed by atoms with E-state index in [0.29, 0.717) is 5.69 Å². The van der Waals surface area contributed by atoms with Crippen LogP contribution in [0.15, 0.2) is 30.0 Å². The van der Waals surface area contributed by atoms with Crippen molar-refractivity contribution in [2.45, 2.75) is 13.3 Å². The predicted molar refractivity (Wildman–Crippen MR) is 90.9 cm³/mol. The summed E-state index contributed by atoms with van der Waals surface area (Å²) < 4.78 is 5.55. The Balaban J connectivity index is 2.64. The van der Waals surface area contributed by atoms with Crippen LogP contribution in [0.4, 0.5) is 5.69 Å². The van der Waals surface area contributed by atoms with Gasteiger partial charge in [0, 0.05) is 22.0 Å². The summed E-state index contributed by atoms with van der Waals surface area (Å²) in [6, 6.07) is 7.41. The molecule has 0 spiro atoms. The number of aryl methyl sites for hydroxylation is 1. The summed E-state index contributed by atoms with van der Waals surface area (Å²) in [5.74, 6) is -0.865. The lowest BCUT2D eigenvalue weighted by Gasteiger charge is -2.08. The molecule has 2 N–H and O–H groups in total. The zero-order valence-electron chi connectivity index (χ0n) is 12.3. The molecule has 22 heavy (non-hydrogen) atoms. The Bertz CT molecular complexity index is 635. The molecule has 0 heterocycles. The van der Waals surface area contributed by atoms with Crippen LogP contribution < -0.4 is 10.6 Å². The van der Waals surface area contributed by atoms with Crippen LogP contribution in [-0.4, -0.2) is 25.5 Å². The van der Waals surface area contributed by atoms with Crippen LogP contribution >= 0.6 is 22.6 Å². The molecule has 1 aromatic rings. The van der Waals surface area contributed by atoms with Crippen molar-refractivity contribution >= 4 is 40.2 Å².